The number of thiol groups is 1. The van der Waals surface area contributed by atoms with Gasteiger partial charge in [-0.1, -0.05) is 12.2 Å². The van der Waals surface area contributed by atoms with E-state index < -0.39 is 0 Å². The summed E-state index contributed by atoms with van der Waals surface area (Å²) in [5.74, 6) is 0.838. The first-order chi connectivity index (χ1) is 5.93. The molecule has 12 heavy (non-hydrogen) atoms. The summed E-state index contributed by atoms with van der Waals surface area (Å²) in [7, 11) is 0. The molecule has 1 aliphatic heterocycles. The molecule has 1 rings (SSSR count). The second-order valence-corrected chi connectivity index (χ2v) is 3.29. The van der Waals surface area contributed by atoms with Crippen LogP contribution >= 0.6 is 12.6 Å². The minimum Gasteiger partial charge on any atom is -0.380 e. The van der Waals surface area contributed by atoms with Crippen LogP contribution in [0.5, 0.6) is 0 Å². The fourth-order valence-electron chi connectivity index (χ4n) is 1.28. The highest BCUT2D eigenvalue weighted by Gasteiger charge is 2.05. The van der Waals surface area contributed by atoms with Gasteiger partial charge in [0.05, 0.1) is 6.61 Å². The second-order valence-electron chi connectivity index (χ2n) is 2.92. The van der Waals surface area contributed by atoms with Gasteiger partial charge in [0.25, 0.3) is 0 Å². The van der Waals surface area contributed by atoms with Crippen molar-refractivity contribution in [3.63, 3.8) is 0 Å². The van der Waals surface area contributed by atoms with Gasteiger partial charge >= 0.3 is 0 Å². The van der Waals surface area contributed by atoms with Crippen LogP contribution in [0.25, 0.3) is 0 Å². The zero-order valence-electron chi connectivity index (χ0n) is 7.41. The van der Waals surface area contributed by atoms with Crippen LogP contribution in [-0.2, 0) is 4.74 Å². The van der Waals surface area contributed by atoms with E-state index in [0.29, 0.717) is 0 Å². The maximum Gasteiger partial charge on any atom is 0.0593 e. The highest BCUT2D eigenvalue weighted by atomic mass is 32.1. The Bertz CT molecular complexity index is 130. The maximum absolute atomic E-state index is 5.35. The molecule has 0 bridgehead atoms. The van der Waals surface area contributed by atoms with Crippen molar-refractivity contribution in [1.29, 1.82) is 0 Å². The molecular formula is C9H17NOS. The molecule has 0 atom stereocenters. The minimum atomic E-state index is 0.838. The summed E-state index contributed by atoms with van der Waals surface area (Å²) >= 11 is 4.11. The number of hydrogen-bond donors (Lipinski definition) is 1. The number of nitrogens with zero attached hydrogens (tertiary/aromatic N) is 1. The molecular weight excluding hydrogens is 170 g/mol. The largest absolute Gasteiger partial charge is 0.380 e. The summed E-state index contributed by atoms with van der Waals surface area (Å²) in [4.78, 5) is 2.41. The number of ether oxygens (including phenoxy) is 1. The predicted octanol–water partition coefficient (Wildman–Crippen LogP) is 1.19. The van der Waals surface area contributed by atoms with Gasteiger partial charge in [0, 0.05) is 32.0 Å². The first kappa shape index (κ1) is 10.1. The van der Waals surface area contributed by atoms with Crippen LogP contribution in [-0.4, -0.2) is 43.5 Å². The fourth-order valence-corrected chi connectivity index (χ4v) is 1.43. The van der Waals surface area contributed by atoms with Crippen molar-refractivity contribution in [2.24, 2.45) is 0 Å². The first-order valence-corrected chi connectivity index (χ1v) is 5.12. The molecule has 0 aromatic heterocycles. The van der Waals surface area contributed by atoms with E-state index in [9.17, 15) is 0 Å². The highest BCUT2D eigenvalue weighted by Crippen LogP contribution is 1.98. The van der Waals surface area contributed by atoms with Gasteiger partial charge in [-0.05, 0) is 6.42 Å². The van der Waals surface area contributed by atoms with Crippen molar-refractivity contribution in [2.45, 2.75) is 6.42 Å². The molecule has 0 N–H and O–H groups in total. The van der Waals surface area contributed by atoms with Crippen molar-refractivity contribution in [1.82, 2.24) is 4.90 Å². The minimum absolute atomic E-state index is 0.838. The Hall–Kier alpha value is 0.01000. The molecule has 0 saturated carbocycles. The van der Waals surface area contributed by atoms with Gasteiger partial charge in [0.15, 0.2) is 0 Å². The second kappa shape index (κ2) is 6.52. The standard InChI is InChI=1S/C9H17NOS/c12-9-2-1-4-10-5-3-7-11-8-6-10/h1-2,12H,3-9H2. The Balaban J connectivity index is 2.16. The van der Waals surface area contributed by atoms with E-state index in [1.807, 2.05) is 0 Å². The van der Waals surface area contributed by atoms with Crippen molar-refractivity contribution in [3.8, 4) is 0 Å². The molecule has 1 heterocycles. The molecule has 0 unspecified atom stereocenters. The van der Waals surface area contributed by atoms with Crippen LogP contribution in [0.2, 0.25) is 0 Å². The molecule has 1 fully saturated rings. The highest BCUT2D eigenvalue weighted by molar-refractivity contribution is 7.80. The van der Waals surface area contributed by atoms with E-state index in [4.69, 9.17) is 4.74 Å². The molecule has 0 aromatic carbocycles. The van der Waals surface area contributed by atoms with Gasteiger partial charge in [0.2, 0.25) is 0 Å². The van der Waals surface area contributed by atoms with Gasteiger partial charge < -0.3 is 4.74 Å². The summed E-state index contributed by atoms with van der Waals surface area (Å²) in [6.45, 7) is 5.08. The van der Waals surface area contributed by atoms with Gasteiger partial charge in [-0.15, -0.1) is 0 Å². The van der Waals surface area contributed by atoms with Crippen LogP contribution in [0.1, 0.15) is 6.42 Å². The molecule has 70 valence electrons. The van der Waals surface area contributed by atoms with Gasteiger partial charge in [-0.3, -0.25) is 4.90 Å². The Labute approximate surface area is 80.0 Å². The first-order valence-electron chi connectivity index (χ1n) is 4.49. The van der Waals surface area contributed by atoms with Crippen molar-refractivity contribution in [2.75, 3.05) is 38.6 Å². The van der Waals surface area contributed by atoms with Gasteiger partial charge in [0.1, 0.15) is 0 Å². The fraction of sp³-hybridized carbons (Fsp3) is 0.778. The van der Waals surface area contributed by atoms with E-state index in [1.165, 1.54) is 0 Å². The molecule has 0 aliphatic carbocycles. The van der Waals surface area contributed by atoms with E-state index >= 15 is 0 Å². The smallest absolute Gasteiger partial charge is 0.0593 e. The van der Waals surface area contributed by atoms with Crippen LogP contribution in [0.3, 0.4) is 0 Å². The van der Waals surface area contributed by atoms with E-state index in [0.717, 1.165) is 45.0 Å². The van der Waals surface area contributed by atoms with Crippen LogP contribution in [0, 0.1) is 0 Å². The molecule has 0 spiro atoms. The SMILES string of the molecule is SCC=CCN1CCCOCC1. The van der Waals surface area contributed by atoms with E-state index in [-0.39, 0.29) is 0 Å². The Morgan fingerprint density at radius 1 is 1.25 bits per heavy atom. The summed E-state index contributed by atoms with van der Waals surface area (Å²) in [5.41, 5.74) is 0. The van der Waals surface area contributed by atoms with Crippen molar-refractivity contribution < 1.29 is 4.74 Å². The third kappa shape index (κ3) is 4.14. The van der Waals surface area contributed by atoms with Gasteiger partial charge in [-0.2, -0.15) is 12.6 Å². The van der Waals surface area contributed by atoms with Crippen molar-refractivity contribution >= 4 is 12.6 Å². The predicted molar refractivity (Wildman–Crippen MR) is 54.9 cm³/mol. The van der Waals surface area contributed by atoms with Crippen molar-refractivity contribution in [3.05, 3.63) is 12.2 Å². The number of rotatable bonds is 3. The average Bonchev–Trinajstić information content (AvgIpc) is 2.33. The van der Waals surface area contributed by atoms with E-state index in [1.54, 1.807) is 0 Å². The Morgan fingerprint density at radius 3 is 3.00 bits per heavy atom. The monoisotopic (exact) mass is 187 g/mol. The van der Waals surface area contributed by atoms with E-state index in [2.05, 4.69) is 29.7 Å². The summed E-state index contributed by atoms with van der Waals surface area (Å²) in [6, 6.07) is 0. The van der Waals surface area contributed by atoms with Crippen LogP contribution in [0.4, 0.5) is 0 Å². The molecule has 3 heteroatoms. The Morgan fingerprint density at radius 2 is 2.17 bits per heavy atom. The van der Waals surface area contributed by atoms with Gasteiger partial charge in [-0.25, -0.2) is 0 Å². The lowest BCUT2D eigenvalue weighted by atomic mass is 10.4. The molecule has 0 amide bonds. The summed E-state index contributed by atoms with van der Waals surface area (Å²) < 4.78 is 5.35. The summed E-state index contributed by atoms with van der Waals surface area (Å²) in [5, 5.41) is 0. The third-order valence-electron chi connectivity index (χ3n) is 1.95. The molecule has 2 nitrogen and oxygen atoms in total. The van der Waals surface area contributed by atoms with Crippen LogP contribution in [0.15, 0.2) is 12.2 Å². The lowest BCUT2D eigenvalue weighted by Crippen LogP contribution is -2.26. The molecule has 0 aromatic rings. The molecule has 0 radical (unpaired) electrons. The third-order valence-corrected chi connectivity index (χ3v) is 2.16. The maximum atomic E-state index is 5.35. The quantitative estimate of drug-likeness (QED) is 0.526. The van der Waals surface area contributed by atoms with Crippen LogP contribution < -0.4 is 0 Å². The average molecular weight is 187 g/mol. The summed E-state index contributed by atoms with van der Waals surface area (Å²) in [6.07, 6.45) is 5.43. The zero-order valence-corrected chi connectivity index (χ0v) is 8.30. The lowest BCUT2D eigenvalue weighted by Gasteiger charge is -2.15. The Kier molecular flexibility index (Phi) is 5.48. The number of hydrogen-bond acceptors (Lipinski definition) is 3. The normalized spacial score (nSPS) is 21.4. The lowest BCUT2D eigenvalue weighted by molar-refractivity contribution is 0.143. The zero-order chi connectivity index (χ0) is 8.65. The molecule has 1 aliphatic rings. The molecule has 1 saturated heterocycles. The topological polar surface area (TPSA) is 12.5 Å².